The van der Waals surface area contributed by atoms with Crippen LogP contribution in [-0.2, 0) is 0 Å². The summed E-state index contributed by atoms with van der Waals surface area (Å²) in [5.74, 6) is 4.78. The van der Waals surface area contributed by atoms with Crippen LogP contribution in [0.1, 0.15) is 0 Å². The number of benzene rings is 8. The SMILES string of the molecule is O.O.c1ccc2c(c1)-c1nc-2nc2[nH]c(nc3nc(nc4[nH]c(n1)c1ccccc41)-c1ccccc1-3)c1ccccc21.c1ccc2c(c1)-c1nc-2nc2[nH]c(nc3nc(nc4[nH]c(n1)c1ccccc41)-c1ccccc1-3)c1ccccc21. The van der Waals surface area contributed by atoms with Crippen LogP contribution in [0.3, 0.4) is 0 Å². The van der Waals surface area contributed by atoms with Gasteiger partial charge in [0.25, 0.3) is 0 Å². The average Bonchev–Trinajstić information content (AvgIpc) is 4.59. The summed E-state index contributed by atoms with van der Waals surface area (Å²) in [6, 6.07) is 64.5. The molecule has 0 fully saturated rings. The fraction of sp³-hybridized carbons (Fsp3) is 0. The van der Waals surface area contributed by atoms with Crippen LogP contribution >= 0.6 is 0 Å². The molecule has 4 aliphatic heterocycles. The van der Waals surface area contributed by atoms with Crippen molar-refractivity contribution in [1.82, 2.24) is 79.7 Å². The van der Waals surface area contributed by atoms with Gasteiger partial charge in [0.05, 0.1) is 0 Å². The Kier molecular flexibility index (Phi) is 10.8. The number of H-pyrrole nitrogens is 4. The van der Waals surface area contributed by atoms with Gasteiger partial charge in [0, 0.05) is 87.6 Å². The maximum atomic E-state index is 5.02. The maximum Gasteiger partial charge on any atom is 0.164 e. The summed E-state index contributed by atoms with van der Waals surface area (Å²) in [5.41, 5.74) is 12.9. The summed E-state index contributed by atoms with van der Waals surface area (Å²) in [6.07, 6.45) is 0. The molecule has 0 spiro atoms. The van der Waals surface area contributed by atoms with Gasteiger partial charge in [-0.15, -0.1) is 0 Å². The van der Waals surface area contributed by atoms with E-state index in [1.54, 1.807) is 0 Å². The highest BCUT2D eigenvalue weighted by molar-refractivity contribution is 6.08. The Morgan fingerprint density at radius 2 is 0.280 bits per heavy atom. The quantitative estimate of drug-likeness (QED) is 0.110. The molecule has 18 rings (SSSR count). The first-order valence-electron chi connectivity index (χ1n) is 26.0. The van der Waals surface area contributed by atoms with E-state index in [2.05, 4.69) is 19.9 Å². The van der Waals surface area contributed by atoms with Crippen LogP contribution in [0.5, 0.6) is 0 Å². The lowest BCUT2D eigenvalue weighted by Gasteiger charge is -1.96. The van der Waals surface area contributed by atoms with Crippen LogP contribution in [0.4, 0.5) is 0 Å². The second kappa shape index (κ2) is 18.5. The standard InChI is InChI=1S/2C32H18N8.2H2O/c2*1-2-10-18-17(9-1)25-33-26(18)38-28-21-13-5-6-14-22(21)30(35-28)40-32-24-16-8-7-15-23(24)31(36-32)39-29-20-12-4-3-11-19(20)27(34-29)37-25;;/h2*1-16H,(H2,33,34,35,36,37,38,39,40);2*1H2. The number of nitrogens with zero attached hydrogens (tertiary/aromatic N) is 12. The Hall–Kier alpha value is -11.6. The molecule has 0 unspecified atom stereocenters. The largest absolute Gasteiger partial charge is 0.412 e. The lowest BCUT2D eigenvalue weighted by molar-refractivity contribution is 0.823. The van der Waals surface area contributed by atoms with E-state index in [4.69, 9.17) is 59.8 Å². The number of rotatable bonds is 0. The van der Waals surface area contributed by atoms with Crippen molar-refractivity contribution in [1.29, 1.82) is 0 Å². The van der Waals surface area contributed by atoms with Gasteiger partial charge in [-0.25, -0.2) is 59.8 Å². The van der Waals surface area contributed by atoms with E-state index in [1.165, 1.54) is 0 Å². The molecule has 0 saturated heterocycles. The molecule has 14 aromatic rings. The van der Waals surface area contributed by atoms with E-state index in [-0.39, 0.29) is 11.0 Å². The number of aromatic nitrogens is 16. The van der Waals surface area contributed by atoms with E-state index >= 15 is 0 Å². The normalized spacial score (nSPS) is 11.7. The van der Waals surface area contributed by atoms with Crippen molar-refractivity contribution in [3.8, 4) is 91.1 Å². The molecule has 4 aliphatic rings. The zero-order valence-electron chi connectivity index (χ0n) is 42.8. The summed E-state index contributed by atoms with van der Waals surface area (Å²) in [7, 11) is 0. The highest BCUT2D eigenvalue weighted by Gasteiger charge is 2.24. The van der Waals surface area contributed by atoms with Crippen LogP contribution in [-0.4, -0.2) is 90.7 Å². The van der Waals surface area contributed by atoms with Gasteiger partial charge in [0.2, 0.25) is 0 Å². The van der Waals surface area contributed by atoms with Crippen molar-refractivity contribution in [3.05, 3.63) is 194 Å². The molecular formula is C64H40N16O2. The summed E-state index contributed by atoms with van der Waals surface area (Å²) in [6.45, 7) is 0. The van der Waals surface area contributed by atoms with Gasteiger partial charge in [-0.3, -0.25) is 0 Å². The predicted octanol–water partition coefficient (Wildman–Crippen LogP) is 12.1. The minimum atomic E-state index is 0. The Balaban J connectivity index is 0.000000137. The van der Waals surface area contributed by atoms with Crippen LogP contribution in [0.25, 0.3) is 179 Å². The monoisotopic (exact) mass is 1060 g/mol. The summed E-state index contributed by atoms with van der Waals surface area (Å²) in [5, 5.41) is 7.64. The van der Waals surface area contributed by atoms with Gasteiger partial charge in [-0.05, 0) is 0 Å². The van der Waals surface area contributed by atoms with Crippen molar-refractivity contribution in [2.75, 3.05) is 0 Å². The molecule has 0 radical (unpaired) electrons. The molecular weight excluding hydrogens is 1020 g/mol. The van der Waals surface area contributed by atoms with E-state index in [9.17, 15) is 0 Å². The summed E-state index contributed by atoms with van der Waals surface area (Å²) >= 11 is 0. The van der Waals surface area contributed by atoms with Gasteiger partial charge in [0.15, 0.2) is 46.6 Å². The predicted molar refractivity (Wildman–Crippen MR) is 319 cm³/mol. The molecule has 8 aromatic carbocycles. The zero-order chi connectivity index (χ0) is 52.4. The highest BCUT2D eigenvalue weighted by Crippen LogP contribution is 2.39. The molecule has 0 aliphatic carbocycles. The van der Waals surface area contributed by atoms with Crippen LogP contribution in [0.2, 0.25) is 0 Å². The first-order chi connectivity index (χ1) is 39.6. The minimum absolute atomic E-state index is 0. The van der Waals surface area contributed by atoms with Gasteiger partial charge in [-0.1, -0.05) is 194 Å². The molecule has 0 amide bonds. The number of hydrogen-bond acceptors (Lipinski definition) is 12. The lowest BCUT2D eigenvalue weighted by Crippen LogP contribution is -1.83. The maximum absolute atomic E-state index is 5.02. The zero-order valence-corrected chi connectivity index (χ0v) is 42.8. The Bertz CT molecular complexity index is 4400. The molecule has 0 atom stereocenters. The Labute approximate surface area is 462 Å². The second-order valence-electron chi connectivity index (χ2n) is 19.6. The van der Waals surface area contributed by atoms with Gasteiger partial charge >= 0.3 is 0 Å². The number of nitrogens with one attached hydrogen (secondary N) is 4. The topological polar surface area (TPSA) is 281 Å². The molecule has 82 heavy (non-hydrogen) atoms. The van der Waals surface area contributed by atoms with Gasteiger partial charge in [0.1, 0.15) is 45.2 Å². The van der Waals surface area contributed by atoms with Crippen molar-refractivity contribution in [3.63, 3.8) is 0 Å². The third kappa shape index (κ3) is 7.44. The summed E-state index contributed by atoms with van der Waals surface area (Å²) in [4.78, 5) is 73.5. The van der Waals surface area contributed by atoms with Crippen LogP contribution in [0, 0.1) is 0 Å². The van der Waals surface area contributed by atoms with E-state index in [0.29, 0.717) is 91.8 Å². The molecule has 8 N–H and O–H groups in total. The van der Waals surface area contributed by atoms with Crippen molar-refractivity contribution >= 4 is 88.3 Å². The van der Waals surface area contributed by atoms with Crippen LogP contribution < -0.4 is 0 Å². The Morgan fingerprint density at radius 3 is 0.415 bits per heavy atom. The van der Waals surface area contributed by atoms with Crippen LogP contribution in [0.15, 0.2) is 194 Å². The van der Waals surface area contributed by atoms with Crippen molar-refractivity contribution < 1.29 is 11.0 Å². The fourth-order valence-corrected chi connectivity index (χ4v) is 11.2. The molecule has 6 aromatic heterocycles. The molecule has 0 saturated carbocycles. The average molecular weight is 1070 g/mol. The Morgan fingerprint density at radius 1 is 0.159 bits per heavy atom. The number of fused-ring (bicyclic) bond motifs is 40. The highest BCUT2D eigenvalue weighted by atomic mass is 16.0. The molecule has 10 heterocycles. The van der Waals surface area contributed by atoms with Gasteiger partial charge < -0.3 is 30.9 Å². The van der Waals surface area contributed by atoms with Crippen molar-refractivity contribution in [2.45, 2.75) is 0 Å². The molecule has 388 valence electrons. The first-order valence-corrected chi connectivity index (χ1v) is 26.0. The third-order valence-electron chi connectivity index (χ3n) is 14.9. The van der Waals surface area contributed by atoms with E-state index in [0.717, 1.165) is 87.6 Å². The van der Waals surface area contributed by atoms with Gasteiger partial charge in [-0.2, -0.15) is 0 Å². The molecule has 18 heteroatoms. The van der Waals surface area contributed by atoms with Crippen molar-refractivity contribution in [2.24, 2.45) is 0 Å². The molecule has 16 bridgehead atoms. The lowest BCUT2D eigenvalue weighted by atomic mass is 10.1. The fourth-order valence-electron chi connectivity index (χ4n) is 11.2. The second-order valence-corrected chi connectivity index (χ2v) is 19.6. The minimum Gasteiger partial charge on any atom is -0.412 e. The first kappa shape index (κ1) is 47.6. The molecule has 18 nitrogen and oxygen atoms in total. The summed E-state index contributed by atoms with van der Waals surface area (Å²) < 4.78 is 0. The van der Waals surface area contributed by atoms with E-state index in [1.807, 2.05) is 194 Å². The number of aromatic amines is 4. The third-order valence-corrected chi connectivity index (χ3v) is 14.9. The van der Waals surface area contributed by atoms with E-state index < -0.39 is 0 Å². The smallest absolute Gasteiger partial charge is 0.164 e. The number of hydrogen-bond donors (Lipinski definition) is 4.